The van der Waals surface area contributed by atoms with E-state index in [1.807, 2.05) is 24.3 Å². The predicted molar refractivity (Wildman–Crippen MR) is 66.0 cm³/mol. The van der Waals surface area contributed by atoms with Gasteiger partial charge in [-0.15, -0.1) is 0 Å². The van der Waals surface area contributed by atoms with Crippen LogP contribution in [0, 0.1) is 0 Å². The van der Waals surface area contributed by atoms with E-state index in [0.717, 1.165) is 12.1 Å². The number of rotatable bonds is 2. The number of fused-ring (bicyclic) bond motifs is 1. The van der Waals surface area contributed by atoms with Crippen LogP contribution in [0.25, 0.3) is 11.0 Å². The van der Waals surface area contributed by atoms with Gasteiger partial charge in [0.05, 0.1) is 11.8 Å². The lowest BCUT2D eigenvalue weighted by molar-refractivity contribution is 1.11. The number of aromatic amines is 2. The Kier molecular flexibility index (Phi) is 2.26. The van der Waals surface area contributed by atoms with Crippen molar-refractivity contribution in [1.82, 2.24) is 15.0 Å². The molecule has 2 N–H and O–H groups in total. The zero-order valence-corrected chi connectivity index (χ0v) is 9.10. The van der Waals surface area contributed by atoms with Gasteiger partial charge in [0.15, 0.2) is 0 Å². The molecule has 0 fully saturated rings. The molecule has 0 radical (unpaired) electrons. The van der Waals surface area contributed by atoms with E-state index in [-0.39, 0.29) is 5.56 Å². The van der Waals surface area contributed by atoms with Gasteiger partial charge in [-0.2, -0.15) is 0 Å². The lowest BCUT2D eigenvalue weighted by Gasteiger charge is -1.97. The molecule has 84 valence electrons. The van der Waals surface area contributed by atoms with Crippen molar-refractivity contribution < 1.29 is 0 Å². The van der Waals surface area contributed by atoms with E-state index in [2.05, 4.69) is 27.1 Å². The summed E-state index contributed by atoms with van der Waals surface area (Å²) in [5.41, 5.74) is 3.32. The molecule has 0 saturated carbocycles. The van der Waals surface area contributed by atoms with E-state index in [1.54, 1.807) is 0 Å². The van der Waals surface area contributed by atoms with Gasteiger partial charge in [-0.25, -0.2) is 4.98 Å². The molecule has 1 aromatic carbocycles. The number of nitrogens with zero attached hydrogens (tertiary/aromatic N) is 1. The van der Waals surface area contributed by atoms with E-state index in [1.165, 1.54) is 11.9 Å². The van der Waals surface area contributed by atoms with Gasteiger partial charge in [-0.05, 0) is 11.6 Å². The number of nitrogens with one attached hydrogen (secondary N) is 2. The molecule has 0 atom stereocenters. The zero-order valence-electron chi connectivity index (χ0n) is 9.10. The molecule has 3 aromatic rings. The molecule has 4 nitrogen and oxygen atoms in total. The Morgan fingerprint density at radius 3 is 2.76 bits per heavy atom. The summed E-state index contributed by atoms with van der Waals surface area (Å²) in [6.07, 6.45) is 2.20. The van der Waals surface area contributed by atoms with Gasteiger partial charge < -0.3 is 9.97 Å². The number of H-pyrrole nitrogens is 2. The fourth-order valence-corrected chi connectivity index (χ4v) is 1.92. The van der Waals surface area contributed by atoms with Gasteiger partial charge in [-0.3, -0.25) is 4.79 Å². The molecule has 17 heavy (non-hydrogen) atoms. The van der Waals surface area contributed by atoms with Crippen LogP contribution in [0.15, 0.2) is 47.5 Å². The Morgan fingerprint density at radius 2 is 2.00 bits per heavy atom. The first kappa shape index (κ1) is 9.84. The second-order valence-corrected chi connectivity index (χ2v) is 3.95. The molecular weight excluding hydrogens is 214 g/mol. The summed E-state index contributed by atoms with van der Waals surface area (Å²) in [7, 11) is 0. The summed E-state index contributed by atoms with van der Waals surface area (Å²) in [6, 6.07) is 12.0. The van der Waals surface area contributed by atoms with Crippen molar-refractivity contribution in [1.29, 1.82) is 0 Å². The largest absolute Gasteiger partial charge is 0.352 e. The van der Waals surface area contributed by atoms with Gasteiger partial charge in [0.1, 0.15) is 5.52 Å². The summed E-state index contributed by atoms with van der Waals surface area (Å²) in [5.74, 6) is 0. The normalized spacial score (nSPS) is 10.8. The van der Waals surface area contributed by atoms with E-state index >= 15 is 0 Å². The minimum absolute atomic E-state index is 0.130. The van der Waals surface area contributed by atoms with Gasteiger partial charge >= 0.3 is 0 Å². The van der Waals surface area contributed by atoms with Gasteiger partial charge in [0, 0.05) is 12.1 Å². The molecule has 3 rings (SSSR count). The molecule has 0 spiro atoms. The predicted octanol–water partition coefficient (Wildman–Crippen LogP) is 1.84. The van der Waals surface area contributed by atoms with Crippen molar-refractivity contribution in [3.8, 4) is 0 Å². The summed E-state index contributed by atoms with van der Waals surface area (Å²) in [6.45, 7) is 0. The lowest BCUT2D eigenvalue weighted by Crippen LogP contribution is -2.05. The maximum atomic E-state index is 11.5. The first-order valence-corrected chi connectivity index (χ1v) is 5.42. The first-order valence-electron chi connectivity index (χ1n) is 5.42. The zero-order chi connectivity index (χ0) is 11.7. The van der Waals surface area contributed by atoms with Crippen molar-refractivity contribution in [3.63, 3.8) is 0 Å². The van der Waals surface area contributed by atoms with Crippen LogP contribution in [0.2, 0.25) is 0 Å². The molecule has 0 bridgehead atoms. The van der Waals surface area contributed by atoms with E-state index in [0.29, 0.717) is 11.0 Å². The minimum Gasteiger partial charge on any atom is -0.352 e. The highest BCUT2D eigenvalue weighted by molar-refractivity contribution is 5.74. The Bertz CT molecular complexity index is 697. The highest BCUT2D eigenvalue weighted by Crippen LogP contribution is 2.12. The number of benzene rings is 1. The van der Waals surface area contributed by atoms with Gasteiger partial charge in [0.2, 0.25) is 0 Å². The van der Waals surface area contributed by atoms with Crippen LogP contribution in [-0.2, 0) is 6.42 Å². The standard InChI is InChI=1S/C13H11N3O/c17-13-12-11(14-8-15-13)7-10(16-12)6-9-4-2-1-3-5-9/h1-5,7-8,16H,6H2,(H,14,15,17). The van der Waals surface area contributed by atoms with E-state index < -0.39 is 0 Å². The fraction of sp³-hybridized carbons (Fsp3) is 0.0769. The van der Waals surface area contributed by atoms with Crippen molar-refractivity contribution in [2.45, 2.75) is 6.42 Å². The number of hydrogen-bond donors (Lipinski definition) is 2. The van der Waals surface area contributed by atoms with Crippen LogP contribution in [0.3, 0.4) is 0 Å². The van der Waals surface area contributed by atoms with Crippen LogP contribution in [0.1, 0.15) is 11.3 Å². The van der Waals surface area contributed by atoms with Crippen molar-refractivity contribution in [3.05, 3.63) is 64.3 Å². The molecule has 2 aromatic heterocycles. The Labute approximate surface area is 97.3 Å². The average molecular weight is 225 g/mol. The summed E-state index contributed by atoms with van der Waals surface area (Å²) in [5, 5.41) is 0. The molecule has 2 heterocycles. The molecule has 0 amide bonds. The average Bonchev–Trinajstić information content (AvgIpc) is 2.74. The molecular formula is C13H11N3O. The second-order valence-electron chi connectivity index (χ2n) is 3.95. The summed E-state index contributed by atoms with van der Waals surface area (Å²) in [4.78, 5) is 21.3. The highest BCUT2D eigenvalue weighted by atomic mass is 16.1. The van der Waals surface area contributed by atoms with Crippen LogP contribution in [0.5, 0.6) is 0 Å². The number of hydrogen-bond acceptors (Lipinski definition) is 2. The van der Waals surface area contributed by atoms with Crippen molar-refractivity contribution >= 4 is 11.0 Å². The smallest absolute Gasteiger partial charge is 0.275 e. The maximum Gasteiger partial charge on any atom is 0.275 e. The molecule has 0 aliphatic heterocycles. The highest BCUT2D eigenvalue weighted by Gasteiger charge is 2.05. The summed E-state index contributed by atoms with van der Waals surface area (Å²) >= 11 is 0. The molecule has 0 aliphatic rings. The Morgan fingerprint density at radius 1 is 1.18 bits per heavy atom. The van der Waals surface area contributed by atoms with Gasteiger partial charge in [0.25, 0.3) is 5.56 Å². The first-order chi connectivity index (χ1) is 8.33. The Hall–Kier alpha value is -2.36. The molecule has 0 saturated heterocycles. The lowest BCUT2D eigenvalue weighted by atomic mass is 10.1. The Balaban J connectivity index is 2.02. The SMILES string of the molecule is O=c1[nH]cnc2cc(Cc3ccccc3)[nH]c12. The topological polar surface area (TPSA) is 61.5 Å². The van der Waals surface area contributed by atoms with Gasteiger partial charge in [-0.1, -0.05) is 30.3 Å². The van der Waals surface area contributed by atoms with Crippen molar-refractivity contribution in [2.24, 2.45) is 0 Å². The number of aromatic nitrogens is 3. The third kappa shape index (κ3) is 1.85. The van der Waals surface area contributed by atoms with Crippen molar-refractivity contribution in [2.75, 3.05) is 0 Å². The maximum absolute atomic E-state index is 11.5. The molecule has 0 aliphatic carbocycles. The van der Waals surface area contributed by atoms with Crippen LogP contribution < -0.4 is 5.56 Å². The quantitative estimate of drug-likeness (QED) is 0.699. The van der Waals surface area contributed by atoms with Crippen LogP contribution >= 0.6 is 0 Å². The second kappa shape index (κ2) is 3.90. The third-order valence-corrected chi connectivity index (χ3v) is 2.72. The fourth-order valence-electron chi connectivity index (χ4n) is 1.92. The van der Waals surface area contributed by atoms with E-state index in [9.17, 15) is 4.79 Å². The third-order valence-electron chi connectivity index (χ3n) is 2.72. The minimum atomic E-state index is -0.130. The van der Waals surface area contributed by atoms with Crippen LogP contribution in [-0.4, -0.2) is 15.0 Å². The molecule has 4 heteroatoms. The van der Waals surface area contributed by atoms with E-state index in [4.69, 9.17) is 0 Å². The monoisotopic (exact) mass is 225 g/mol. The summed E-state index contributed by atoms with van der Waals surface area (Å²) < 4.78 is 0. The van der Waals surface area contributed by atoms with Crippen LogP contribution in [0.4, 0.5) is 0 Å². The molecule has 0 unspecified atom stereocenters.